The second-order valence-corrected chi connectivity index (χ2v) is 5.05. The van der Waals surface area contributed by atoms with Crippen LogP contribution in [0.15, 0.2) is 22.7 Å². The summed E-state index contributed by atoms with van der Waals surface area (Å²) in [7, 11) is 0. The first-order chi connectivity index (χ1) is 9.10. The fraction of sp³-hybridized carbons (Fsp3) is 0.333. The highest BCUT2D eigenvalue weighted by atomic mass is 79.9. The maximum Gasteiger partial charge on any atom is 0.406 e. The van der Waals surface area contributed by atoms with Crippen LogP contribution in [0.1, 0.15) is 15.9 Å². The summed E-state index contributed by atoms with van der Waals surface area (Å²) in [4.78, 5) is 22.9. The Hall–Kier alpha value is -1.57. The van der Waals surface area contributed by atoms with Gasteiger partial charge in [0.05, 0.1) is 0 Å². The molecule has 0 aliphatic rings. The molecule has 4 nitrogen and oxygen atoms in total. The molecule has 0 fully saturated rings. The molecule has 0 aromatic heterocycles. The number of nitrogens with zero attached hydrogens (tertiary/aromatic N) is 1. The largest absolute Gasteiger partial charge is 0.480 e. The summed E-state index contributed by atoms with van der Waals surface area (Å²) in [5.41, 5.74) is 0.501. The van der Waals surface area contributed by atoms with Gasteiger partial charge in [-0.2, -0.15) is 13.2 Å². The number of carboxylic acids is 1. The predicted molar refractivity (Wildman–Crippen MR) is 68.5 cm³/mol. The molecule has 0 heterocycles. The number of hydrogen-bond acceptors (Lipinski definition) is 2. The van der Waals surface area contributed by atoms with Crippen molar-refractivity contribution >= 4 is 27.8 Å². The Bertz CT molecular complexity index is 531. The zero-order valence-corrected chi connectivity index (χ0v) is 12.0. The SMILES string of the molecule is Cc1ccc(Br)cc1C(=O)N(CC(=O)O)CC(F)(F)F. The van der Waals surface area contributed by atoms with Crippen LogP contribution in [0.5, 0.6) is 0 Å². The van der Waals surface area contributed by atoms with Gasteiger partial charge in [0, 0.05) is 10.0 Å². The summed E-state index contributed by atoms with van der Waals surface area (Å²) < 4.78 is 37.8. The number of carboxylic acid groups (broad SMARTS) is 1. The molecule has 0 unspecified atom stereocenters. The molecular formula is C12H11BrF3NO3. The fourth-order valence-corrected chi connectivity index (χ4v) is 1.94. The zero-order valence-electron chi connectivity index (χ0n) is 10.4. The van der Waals surface area contributed by atoms with Gasteiger partial charge in [-0.15, -0.1) is 0 Å². The van der Waals surface area contributed by atoms with Crippen molar-refractivity contribution in [1.29, 1.82) is 0 Å². The first kappa shape index (κ1) is 16.5. The second kappa shape index (κ2) is 6.25. The van der Waals surface area contributed by atoms with E-state index in [-0.39, 0.29) is 10.5 Å². The Balaban J connectivity index is 3.09. The smallest absolute Gasteiger partial charge is 0.406 e. The molecule has 0 atom stereocenters. The third-order valence-corrected chi connectivity index (χ3v) is 2.91. The van der Waals surface area contributed by atoms with Crippen LogP contribution < -0.4 is 0 Å². The van der Waals surface area contributed by atoms with Gasteiger partial charge in [-0.1, -0.05) is 22.0 Å². The lowest BCUT2D eigenvalue weighted by Crippen LogP contribution is -2.42. The molecule has 1 rings (SSSR count). The molecule has 0 bridgehead atoms. The Labute approximate surface area is 121 Å². The molecule has 0 aliphatic carbocycles. The van der Waals surface area contributed by atoms with Crippen molar-refractivity contribution in [1.82, 2.24) is 4.90 Å². The van der Waals surface area contributed by atoms with Crippen LogP contribution >= 0.6 is 15.9 Å². The molecule has 1 aromatic carbocycles. The maximum absolute atomic E-state index is 12.4. The van der Waals surface area contributed by atoms with Gasteiger partial charge in [0.2, 0.25) is 0 Å². The first-order valence-electron chi connectivity index (χ1n) is 5.44. The van der Waals surface area contributed by atoms with E-state index in [1.807, 2.05) is 0 Å². The normalized spacial score (nSPS) is 11.2. The van der Waals surface area contributed by atoms with Crippen LogP contribution in [0.4, 0.5) is 13.2 Å². The average Bonchev–Trinajstić information content (AvgIpc) is 2.28. The van der Waals surface area contributed by atoms with Crippen molar-refractivity contribution in [2.75, 3.05) is 13.1 Å². The molecule has 110 valence electrons. The average molecular weight is 354 g/mol. The summed E-state index contributed by atoms with van der Waals surface area (Å²) in [5.74, 6) is -2.47. The van der Waals surface area contributed by atoms with Crippen molar-refractivity contribution < 1.29 is 27.9 Å². The number of aliphatic carboxylic acids is 1. The lowest BCUT2D eigenvalue weighted by atomic mass is 10.1. The van der Waals surface area contributed by atoms with Crippen molar-refractivity contribution in [3.05, 3.63) is 33.8 Å². The first-order valence-corrected chi connectivity index (χ1v) is 6.23. The monoisotopic (exact) mass is 353 g/mol. The van der Waals surface area contributed by atoms with Gasteiger partial charge >= 0.3 is 12.1 Å². The van der Waals surface area contributed by atoms with Crippen LogP contribution in [-0.2, 0) is 4.79 Å². The number of aryl methyl sites for hydroxylation is 1. The topological polar surface area (TPSA) is 57.6 Å². The van der Waals surface area contributed by atoms with E-state index in [2.05, 4.69) is 15.9 Å². The molecule has 0 radical (unpaired) electrons. The lowest BCUT2D eigenvalue weighted by Gasteiger charge is -2.23. The minimum absolute atomic E-state index is 0.0323. The van der Waals surface area contributed by atoms with Crippen molar-refractivity contribution in [2.24, 2.45) is 0 Å². The number of hydrogen-bond donors (Lipinski definition) is 1. The third-order valence-electron chi connectivity index (χ3n) is 2.41. The number of halogens is 4. The fourth-order valence-electron chi connectivity index (χ4n) is 1.57. The van der Waals surface area contributed by atoms with E-state index in [0.717, 1.165) is 0 Å². The minimum atomic E-state index is -4.66. The lowest BCUT2D eigenvalue weighted by molar-refractivity contribution is -0.149. The summed E-state index contributed by atoms with van der Waals surface area (Å²) >= 11 is 3.12. The Morgan fingerprint density at radius 2 is 1.95 bits per heavy atom. The van der Waals surface area contributed by atoms with Gasteiger partial charge in [0.25, 0.3) is 5.91 Å². The number of amides is 1. The van der Waals surface area contributed by atoms with E-state index in [1.54, 1.807) is 19.1 Å². The highest BCUT2D eigenvalue weighted by Crippen LogP contribution is 2.21. The van der Waals surface area contributed by atoms with Crippen molar-refractivity contribution in [3.8, 4) is 0 Å². The maximum atomic E-state index is 12.4. The van der Waals surface area contributed by atoms with E-state index in [4.69, 9.17) is 5.11 Å². The van der Waals surface area contributed by atoms with Crippen LogP contribution in [0, 0.1) is 6.92 Å². The zero-order chi connectivity index (χ0) is 15.5. The summed E-state index contributed by atoms with van der Waals surface area (Å²) in [6.45, 7) is -1.05. The van der Waals surface area contributed by atoms with Crippen molar-refractivity contribution in [3.63, 3.8) is 0 Å². The Kier molecular flexibility index (Phi) is 5.15. The van der Waals surface area contributed by atoms with Gasteiger partial charge in [0.15, 0.2) is 0 Å². The molecule has 0 saturated carbocycles. The van der Waals surface area contributed by atoms with Gasteiger partial charge in [-0.25, -0.2) is 0 Å². The highest BCUT2D eigenvalue weighted by Gasteiger charge is 2.34. The quantitative estimate of drug-likeness (QED) is 0.905. The minimum Gasteiger partial charge on any atom is -0.480 e. The molecule has 1 amide bonds. The van der Waals surface area contributed by atoms with Gasteiger partial charge in [0.1, 0.15) is 13.1 Å². The van der Waals surface area contributed by atoms with Crippen molar-refractivity contribution in [2.45, 2.75) is 13.1 Å². The molecule has 0 spiro atoms. The third kappa shape index (κ3) is 4.84. The number of rotatable bonds is 4. The molecule has 1 N–H and O–H groups in total. The summed E-state index contributed by atoms with van der Waals surface area (Å²) in [5, 5.41) is 8.63. The van der Waals surface area contributed by atoms with Crippen LogP contribution in [0.3, 0.4) is 0 Å². The van der Waals surface area contributed by atoms with Crippen LogP contribution in [0.25, 0.3) is 0 Å². The number of benzene rings is 1. The van der Waals surface area contributed by atoms with Crippen LogP contribution in [0.2, 0.25) is 0 Å². The molecule has 8 heteroatoms. The standard InChI is InChI=1S/C12H11BrF3NO3/c1-7-2-3-8(13)4-9(7)11(20)17(5-10(18)19)6-12(14,15)16/h2-4H,5-6H2,1H3,(H,18,19). The molecular weight excluding hydrogens is 343 g/mol. The number of alkyl halides is 3. The molecule has 1 aromatic rings. The molecule has 0 saturated heterocycles. The van der Waals surface area contributed by atoms with E-state index >= 15 is 0 Å². The second-order valence-electron chi connectivity index (χ2n) is 4.13. The number of carbonyl (C=O) groups is 2. The number of carbonyl (C=O) groups excluding carboxylic acids is 1. The van der Waals surface area contributed by atoms with E-state index < -0.39 is 31.1 Å². The van der Waals surface area contributed by atoms with Gasteiger partial charge in [-0.3, -0.25) is 9.59 Å². The predicted octanol–water partition coefficient (Wildman–Crippen LogP) is 2.85. The Morgan fingerprint density at radius 3 is 2.45 bits per heavy atom. The summed E-state index contributed by atoms with van der Waals surface area (Å²) in [6.07, 6.45) is -4.66. The van der Waals surface area contributed by atoms with E-state index in [9.17, 15) is 22.8 Å². The van der Waals surface area contributed by atoms with Crippen LogP contribution in [-0.4, -0.2) is 41.1 Å². The van der Waals surface area contributed by atoms with E-state index in [0.29, 0.717) is 10.0 Å². The highest BCUT2D eigenvalue weighted by molar-refractivity contribution is 9.10. The van der Waals surface area contributed by atoms with Gasteiger partial charge < -0.3 is 10.0 Å². The molecule has 0 aliphatic heterocycles. The Morgan fingerprint density at radius 1 is 1.35 bits per heavy atom. The van der Waals surface area contributed by atoms with E-state index in [1.165, 1.54) is 6.07 Å². The van der Waals surface area contributed by atoms with Gasteiger partial charge in [-0.05, 0) is 24.6 Å². The molecule has 20 heavy (non-hydrogen) atoms. The summed E-state index contributed by atoms with van der Waals surface area (Å²) in [6, 6.07) is 4.56.